The van der Waals surface area contributed by atoms with Crippen molar-refractivity contribution in [1.29, 1.82) is 0 Å². The molecule has 0 aliphatic heterocycles. The Hall–Kier alpha value is -1.42. The lowest BCUT2D eigenvalue weighted by Gasteiger charge is -2.16. The fourth-order valence-corrected chi connectivity index (χ4v) is 1.18. The van der Waals surface area contributed by atoms with Gasteiger partial charge < -0.3 is 16.0 Å². The Morgan fingerprint density at radius 3 is 2.80 bits per heavy atom. The summed E-state index contributed by atoms with van der Waals surface area (Å²) >= 11 is 5.74. The molecule has 0 bridgehead atoms. The van der Waals surface area contributed by atoms with Crippen molar-refractivity contribution in [2.24, 2.45) is 0 Å². The summed E-state index contributed by atoms with van der Waals surface area (Å²) in [7, 11) is 1.71. The number of benzene rings is 1. The number of nitrogens with one attached hydrogen (secondary N) is 1. The maximum atomic E-state index is 11.5. The molecule has 0 aliphatic carbocycles. The lowest BCUT2D eigenvalue weighted by atomic mass is 10.3. The molecule has 0 aromatic heterocycles. The molecule has 0 spiro atoms. The SMILES string of the molecule is CCN(C)C(=O)Nc1ccc(Cl)cc1N. The fraction of sp³-hybridized carbons (Fsp3) is 0.300. The Balaban J connectivity index is 2.77. The first-order valence-electron chi connectivity index (χ1n) is 4.61. The molecule has 15 heavy (non-hydrogen) atoms. The van der Waals surface area contributed by atoms with Gasteiger partial charge in [-0.25, -0.2) is 4.79 Å². The van der Waals surface area contributed by atoms with Crippen molar-refractivity contribution in [3.63, 3.8) is 0 Å². The quantitative estimate of drug-likeness (QED) is 0.763. The number of rotatable bonds is 2. The zero-order valence-corrected chi connectivity index (χ0v) is 9.51. The van der Waals surface area contributed by atoms with Gasteiger partial charge in [-0.05, 0) is 25.1 Å². The molecule has 0 aliphatic rings. The van der Waals surface area contributed by atoms with Gasteiger partial charge in [-0.3, -0.25) is 0 Å². The minimum Gasteiger partial charge on any atom is -0.397 e. The van der Waals surface area contributed by atoms with E-state index < -0.39 is 0 Å². The molecule has 0 unspecified atom stereocenters. The molecule has 1 aromatic rings. The summed E-state index contributed by atoms with van der Waals surface area (Å²) in [5, 5.41) is 3.24. The maximum absolute atomic E-state index is 11.5. The van der Waals surface area contributed by atoms with E-state index in [-0.39, 0.29) is 6.03 Å². The van der Waals surface area contributed by atoms with Crippen LogP contribution < -0.4 is 11.1 Å². The highest BCUT2D eigenvalue weighted by Crippen LogP contribution is 2.22. The first kappa shape index (κ1) is 11.7. The lowest BCUT2D eigenvalue weighted by molar-refractivity contribution is 0.224. The van der Waals surface area contributed by atoms with Crippen LogP contribution in [0.25, 0.3) is 0 Å². The van der Waals surface area contributed by atoms with Crippen LogP contribution in [0.1, 0.15) is 6.92 Å². The second-order valence-corrected chi connectivity index (χ2v) is 3.61. The van der Waals surface area contributed by atoms with Crippen molar-refractivity contribution < 1.29 is 4.79 Å². The van der Waals surface area contributed by atoms with Crippen LogP contribution in [0.15, 0.2) is 18.2 Å². The molecular weight excluding hydrogens is 214 g/mol. The molecule has 0 fully saturated rings. The molecule has 3 N–H and O–H groups in total. The Morgan fingerprint density at radius 1 is 1.60 bits per heavy atom. The second-order valence-electron chi connectivity index (χ2n) is 3.18. The Morgan fingerprint density at radius 2 is 2.27 bits per heavy atom. The number of hydrogen-bond acceptors (Lipinski definition) is 2. The number of carbonyl (C=O) groups is 1. The highest BCUT2D eigenvalue weighted by atomic mass is 35.5. The summed E-state index contributed by atoms with van der Waals surface area (Å²) < 4.78 is 0. The van der Waals surface area contributed by atoms with Crippen molar-refractivity contribution in [1.82, 2.24) is 4.90 Å². The summed E-state index contributed by atoms with van der Waals surface area (Å²) in [5.74, 6) is 0. The number of anilines is 2. The van der Waals surface area contributed by atoms with Gasteiger partial charge in [0, 0.05) is 18.6 Å². The molecule has 82 valence electrons. The predicted molar refractivity (Wildman–Crippen MR) is 63.2 cm³/mol. The zero-order valence-electron chi connectivity index (χ0n) is 8.75. The number of urea groups is 1. The Labute approximate surface area is 94.0 Å². The van der Waals surface area contributed by atoms with E-state index in [0.717, 1.165) is 0 Å². The molecule has 2 amide bonds. The minimum absolute atomic E-state index is 0.188. The fourth-order valence-electron chi connectivity index (χ4n) is 1.00. The van der Waals surface area contributed by atoms with Crippen LogP contribution in [0.3, 0.4) is 0 Å². The normalized spacial score (nSPS) is 9.80. The largest absolute Gasteiger partial charge is 0.397 e. The second kappa shape index (κ2) is 4.89. The van der Waals surface area contributed by atoms with Gasteiger partial charge in [0.05, 0.1) is 11.4 Å². The lowest BCUT2D eigenvalue weighted by Crippen LogP contribution is -2.31. The van der Waals surface area contributed by atoms with E-state index in [1.54, 1.807) is 30.1 Å². The summed E-state index contributed by atoms with van der Waals surface area (Å²) in [5.41, 5.74) is 6.73. The van der Waals surface area contributed by atoms with Crippen LogP contribution in [0.2, 0.25) is 5.02 Å². The molecule has 0 radical (unpaired) electrons. The van der Waals surface area contributed by atoms with Crippen LogP contribution >= 0.6 is 11.6 Å². The van der Waals surface area contributed by atoms with Crippen molar-refractivity contribution in [2.75, 3.05) is 24.6 Å². The number of amides is 2. The van der Waals surface area contributed by atoms with Crippen LogP contribution in [0, 0.1) is 0 Å². The number of nitrogens with two attached hydrogens (primary N) is 1. The van der Waals surface area contributed by atoms with Gasteiger partial charge in [0.2, 0.25) is 0 Å². The molecule has 5 heteroatoms. The molecule has 4 nitrogen and oxygen atoms in total. The zero-order chi connectivity index (χ0) is 11.4. The summed E-state index contributed by atoms with van der Waals surface area (Å²) in [6.45, 7) is 2.53. The van der Waals surface area contributed by atoms with Gasteiger partial charge >= 0.3 is 6.03 Å². The number of halogens is 1. The van der Waals surface area contributed by atoms with Gasteiger partial charge in [-0.2, -0.15) is 0 Å². The molecule has 0 atom stereocenters. The monoisotopic (exact) mass is 227 g/mol. The van der Waals surface area contributed by atoms with E-state index in [4.69, 9.17) is 17.3 Å². The van der Waals surface area contributed by atoms with E-state index in [1.807, 2.05) is 6.92 Å². The Kier molecular flexibility index (Phi) is 3.80. The van der Waals surface area contributed by atoms with E-state index >= 15 is 0 Å². The van der Waals surface area contributed by atoms with Crippen molar-refractivity contribution >= 4 is 29.0 Å². The van der Waals surface area contributed by atoms with Crippen molar-refractivity contribution in [3.05, 3.63) is 23.2 Å². The molecule has 0 saturated heterocycles. The topological polar surface area (TPSA) is 58.4 Å². The predicted octanol–water partition coefficient (Wildman–Crippen LogP) is 2.41. The number of carbonyl (C=O) groups excluding carboxylic acids is 1. The Bertz CT molecular complexity index is 368. The highest BCUT2D eigenvalue weighted by Gasteiger charge is 2.08. The van der Waals surface area contributed by atoms with Crippen LogP contribution in [-0.4, -0.2) is 24.5 Å². The van der Waals surface area contributed by atoms with Crippen LogP contribution in [-0.2, 0) is 0 Å². The third-order valence-electron chi connectivity index (χ3n) is 2.08. The van der Waals surface area contributed by atoms with Gasteiger partial charge in [0.1, 0.15) is 0 Å². The molecule has 1 rings (SSSR count). The van der Waals surface area contributed by atoms with E-state index in [2.05, 4.69) is 5.32 Å². The van der Waals surface area contributed by atoms with Gasteiger partial charge in [-0.15, -0.1) is 0 Å². The summed E-state index contributed by atoms with van der Waals surface area (Å²) in [4.78, 5) is 13.1. The summed E-state index contributed by atoms with van der Waals surface area (Å²) in [6, 6.07) is 4.77. The maximum Gasteiger partial charge on any atom is 0.321 e. The summed E-state index contributed by atoms with van der Waals surface area (Å²) in [6.07, 6.45) is 0. The van der Waals surface area contributed by atoms with E-state index in [1.165, 1.54) is 0 Å². The molecule has 0 saturated carbocycles. The van der Waals surface area contributed by atoms with Gasteiger partial charge in [-0.1, -0.05) is 11.6 Å². The third kappa shape index (κ3) is 3.02. The van der Waals surface area contributed by atoms with Crippen LogP contribution in [0.5, 0.6) is 0 Å². The molecule has 0 heterocycles. The van der Waals surface area contributed by atoms with E-state index in [9.17, 15) is 4.79 Å². The van der Waals surface area contributed by atoms with Gasteiger partial charge in [0.25, 0.3) is 0 Å². The average Bonchev–Trinajstić information content (AvgIpc) is 2.20. The number of hydrogen-bond donors (Lipinski definition) is 2. The standard InChI is InChI=1S/C10H14ClN3O/c1-3-14(2)10(15)13-9-5-4-7(11)6-8(9)12/h4-6H,3,12H2,1-2H3,(H,13,15). The number of nitrogen functional groups attached to an aromatic ring is 1. The van der Waals surface area contributed by atoms with Crippen molar-refractivity contribution in [3.8, 4) is 0 Å². The van der Waals surface area contributed by atoms with E-state index in [0.29, 0.717) is 22.9 Å². The molecule has 1 aromatic carbocycles. The third-order valence-corrected chi connectivity index (χ3v) is 2.31. The highest BCUT2D eigenvalue weighted by molar-refractivity contribution is 6.31. The van der Waals surface area contributed by atoms with Crippen LogP contribution in [0.4, 0.5) is 16.2 Å². The van der Waals surface area contributed by atoms with Gasteiger partial charge in [0.15, 0.2) is 0 Å². The average molecular weight is 228 g/mol. The first-order chi connectivity index (χ1) is 7.04. The molecular formula is C10H14ClN3O. The minimum atomic E-state index is -0.188. The number of nitrogens with zero attached hydrogens (tertiary/aromatic N) is 1. The smallest absolute Gasteiger partial charge is 0.321 e. The first-order valence-corrected chi connectivity index (χ1v) is 4.99. The van der Waals surface area contributed by atoms with Crippen molar-refractivity contribution in [2.45, 2.75) is 6.92 Å².